The van der Waals surface area contributed by atoms with Crippen LogP contribution < -0.4 is 0 Å². The lowest BCUT2D eigenvalue weighted by Gasteiger charge is -2.17. The number of hydrogen-bond donors (Lipinski definition) is 1. The van der Waals surface area contributed by atoms with Crippen LogP contribution in [0.15, 0.2) is 29.4 Å². The Morgan fingerprint density at radius 1 is 1.79 bits per heavy atom. The van der Waals surface area contributed by atoms with E-state index in [9.17, 15) is 4.79 Å². The number of nitrogens with zero attached hydrogens (tertiary/aromatic N) is 1. The Balaban J connectivity index is 2.77. The summed E-state index contributed by atoms with van der Waals surface area (Å²) in [5.41, 5.74) is 0.598. The zero-order chi connectivity index (χ0) is 10.6. The zero-order valence-corrected chi connectivity index (χ0v) is 9.67. The number of carbonyl (C=O) groups excluding carboxylic acids is 1. The van der Waals surface area contributed by atoms with Crippen LogP contribution >= 0.6 is 15.9 Å². The highest BCUT2D eigenvalue weighted by Gasteiger charge is 2.13. The summed E-state index contributed by atoms with van der Waals surface area (Å²) in [5, 5.41) is 0. The largest absolute Gasteiger partial charge is 0.356 e. The lowest BCUT2D eigenvalue weighted by Crippen LogP contribution is -2.31. The van der Waals surface area contributed by atoms with Crippen molar-refractivity contribution in [1.82, 2.24) is 9.88 Å². The van der Waals surface area contributed by atoms with Crippen LogP contribution in [-0.2, 0) is 0 Å². The summed E-state index contributed by atoms with van der Waals surface area (Å²) in [5.74, 6) is -0.00176. The van der Waals surface area contributed by atoms with Gasteiger partial charge in [0.25, 0.3) is 5.91 Å². The maximum absolute atomic E-state index is 11.8. The molecule has 0 radical (unpaired) electrons. The van der Waals surface area contributed by atoms with Crippen LogP contribution in [-0.4, -0.2) is 28.9 Å². The Hall–Kier alpha value is -1.03. The highest BCUT2D eigenvalue weighted by atomic mass is 79.9. The fourth-order valence-electron chi connectivity index (χ4n) is 1.17. The Morgan fingerprint density at radius 2 is 2.50 bits per heavy atom. The number of amides is 1. The summed E-state index contributed by atoms with van der Waals surface area (Å²) < 4.78 is 0.885. The quantitative estimate of drug-likeness (QED) is 0.826. The van der Waals surface area contributed by atoms with Crippen molar-refractivity contribution in [3.8, 4) is 0 Å². The SMILES string of the molecule is C=CCN(CC)C(=O)c1cc(Br)c[nH]1. The maximum Gasteiger partial charge on any atom is 0.270 e. The van der Waals surface area contributed by atoms with Crippen LogP contribution in [0.3, 0.4) is 0 Å². The van der Waals surface area contributed by atoms with Crippen LogP contribution in [0.2, 0.25) is 0 Å². The first-order valence-electron chi connectivity index (χ1n) is 4.43. The summed E-state index contributed by atoms with van der Waals surface area (Å²) >= 11 is 3.29. The van der Waals surface area contributed by atoms with Crippen molar-refractivity contribution in [2.45, 2.75) is 6.92 Å². The molecular weight excluding hydrogens is 244 g/mol. The van der Waals surface area contributed by atoms with E-state index in [0.29, 0.717) is 18.8 Å². The number of aromatic amines is 1. The van der Waals surface area contributed by atoms with Gasteiger partial charge >= 0.3 is 0 Å². The number of likely N-dealkylation sites (N-methyl/N-ethyl adjacent to an activating group) is 1. The molecular formula is C10H13BrN2O. The molecule has 4 heteroatoms. The maximum atomic E-state index is 11.8. The van der Waals surface area contributed by atoms with E-state index in [0.717, 1.165) is 4.47 Å². The van der Waals surface area contributed by atoms with Gasteiger partial charge in [-0.1, -0.05) is 6.08 Å². The molecule has 0 atom stereocenters. The fourth-order valence-corrected chi connectivity index (χ4v) is 1.52. The highest BCUT2D eigenvalue weighted by molar-refractivity contribution is 9.10. The second-order valence-electron chi connectivity index (χ2n) is 2.86. The van der Waals surface area contributed by atoms with Gasteiger partial charge in [-0.3, -0.25) is 4.79 Å². The van der Waals surface area contributed by atoms with Gasteiger partial charge in [-0.25, -0.2) is 0 Å². The molecule has 1 heterocycles. The van der Waals surface area contributed by atoms with Crippen LogP contribution in [0.1, 0.15) is 17.4 Å². The molecule has 0 aromatic carbocycles. The molecule has 0 unspecified atom stereocenters. The predicted molar refractivity (Wildman–Crippen MR) is 60.3 cm³/mol. The molecule has 0 aliphatic rings. The normalized spacial score (nSPS) is 9.86. The Morgan fingerprint density at radius 3 is 2.93 bits per heavy atom. The van der Waals surface area contributed by atoms with Crippen LogP contribution in [0.4, 0.5) is 0 Å². The van der Waals surface area contributed by atoms with Gasteiger partial charge in [0.2, 0.25) is 0 Å². The average molecular weight is 257 g/mol. The van der Waals surface area contributed by atoms with E-state index in [-0.39, 0.29) is 5.91 Å². The Kier molecular flexibility index (Phi) is 3.95. The standard InChI is InChI=1S/C10H13BrN2O/c1-3-5-13(4-2)10(14)9-6-8(11)7-12-9/h3,6-7,12H,1,4-5H2,2H3. The molecule has 1 aromatic rings. The number of aromatic nitrogens is 1. The van der Waals surface area contributed by atoms with Crippen molar-refractivity contribution in [3.63, 3.8) is 0 Å². The second-order valence-corrected chi connectivity index (χ2v) is 3.78. The van der Waals surface area contributed by atoms with Crippen LogP contribution in [0, 0.1) is 0 Å². The number of nitrogens with one attached hydrogen (secondary N) is 1. The van der Waals surface area contributed by atoms with Gasteiger partial charge in [-0.2, -0.15) is 0 Å². The van der Waals surface area contributed by atoms with Gasteiger partial charge in [0.1, 0.15) is 5.69 Å². The molecule has 1 aromatic heterocycles. The monoisotopic (exact) mass is 256 g/mol. The van der Waals surface area contributed by atoms with Crippen molar-refractivity contribution >= 4 is 21.8 Å². The summed E-state index contributed by atoms with van der Waals surface area (Å²) in [4.78, 5) is 16.4. The first kappa shape index (κ1) is 11.0. The van der Waals surface area contributed by atoms with E-state index in [4.69, 9.17) is 0 Å². The van der Waals surface area contributed by atoms with E-state index in [2.05, 4.69) is 27.5 Å². The zero-order valence-electron chi connectivity index (χ0n) is 8.09. The molecule has 0 bridgehead atoms. The summed E-state index contributed by atoms with van der Waals surface area (Å²) in [7, 11) is 0. The molecule has 0 aliphatic carbocycles. The van der Waals surface area contributed by atoms with E-state index >= 15 is 0 Å². The minimum Gasteiger partial charge on any atom is -0.356 e. The first-order valence-corrected chi connectivity index (χ1v) is 5.22. The second kappa shape index (κ2) is 5.00. The average Bonchev–Trinajstić information content (AvgIpc) is 2.60. The first-order chi connectivity index (χ1) is 6.69. The number of hydrogen-bond acceptors (Lipinski definition) is 1. The van der Waals surface area contributed by atoms with Crippen LogP contribution in [0.25, 0.3) is 0 Å². The van der Waals surface area contributed by atoms with Gasteiger partial charge in [-0.15, -0.1) is 6.58 Å². The Bertz CT molecular complexity index is 333. The van der Waals surface area contributed by atoms with Gasteiger partial charge in [0, 0.05) is 23.8 Å². The number of halogens is 1. The van der Waals surface area contributed by atoms with E-state index in [1.165, 1.54) is 0 Å². The van der Waals surface area contributed by atoms with E-state index < -0.39 is 0 Å². The molecule has 3 nitrogen and oxygen atoms in total. The predicted octanol–water partition coefficient (Wildman–Crippen LogP) is 2.43. The molecule has 1 amide bonds. The Labute approximate surface area is 91.9 Å². The minimum absolute atomic E-state index is 0.00176. The fraction of sp³-hybridized carbons (Fsp3) is 0.300. The summed E-state index contributed by atoms with van der Waals surface area (Å²) in [6.07, 6.45) is 3.47. The number of rotatable bonds is 4. The molecule has 14 heavy (non-hydrogen) atoms. The van der Waals surface area contributed by atoms with Crippen LogP contribution in [0.5, 0.6) is 0 Å². The number of H-pyrrole nitrogens is 1. The van der Waals surface area contributed by atoms with Gasteiger partial charge < -0.3 is 9.88 Å². The minimum atomic E-state index is -0.00176. The smallest absolute Gasteiger partial charge is 0.270 e. The third-order valence-electron chi connectivity index (χ3n) is 1.90. The summed E-state index contributed by atoms with van der Waals surface area (Å²) in [6, 6.07) is 1.77. The van der Waals surface area contributed by atoms with E-state index in [1.54, 1.807) is 23.2 Å². The molecule has 76 valence electrons. The molecule has 0 fully saturated rings. The lowest BCUT2D eigenvalue weighted by molar-refractivity contribution is 0.0777. The lowest BCUT2D eigenvalue weighted by atomic mass is 10.3. The third-order valence-corrected chi connectivity index (χ3v) is 2.35. The highest BCUT2D eigenvalue weighted by Crippen LogP contribution is 2.12. The van der Waals surface area contributed by atoms with Crippen molar-refractivity contribution in [1.29, 1.82) is 0 Å². The van der Waals surface area contributed by atoms with Crippen molar-refractivity contribution in [2.24, 2.45) is 0 Å². The molecule has 0 saturated carbocycles. The third kappa shape index (κ3) is 2.48. The van der Waals surface area contributed by atoms with Gasteiger partial charge in [0.05, 0.1) is 0 Å². The molecule has 0 spiro atoms. The van der Waals surface area contributed by atoms with Crippen molar-refractivity contribution in [2.75, 3.05) is 13.1 Å². The molecule has 1 N–H and O–H groups in total. The van der Waals surface area contributed by atoms with Crippen molar-refractivity contribution in [3.05, 3.63) is 35.1 Å². The van der Waals surface area contributed by atoms with Gasteiger partial charge in [-0.05, 0) is 28.9 Å². The molecule has 0 saturated heterocycles. The van der Waals surface area contributed by atoms with Crippen molar-refractivity contribution < 1.29 is 4.79 Å². The molecule has 1 rings (SSSR count). The summed E-state index contributed by atoms with van der Waals surface area (Å²) in [6.45, 7) is 6.82. The molecule has 0 aliphatic heterocycles. The van der Waals surface area contributed by atoms with E-state index in [1.807, 2.05) is 6.92 Å². The topological polar surface area (TPSA) is 36.1 Å². The van der Waals surface area contributed by atoms with Gasteiger partial charge in [0.15, 0.2) is 0 Å². The number of carbonyl (C=O) groups is 1.